The Bertz CT molecular complexity index is 1700. The van der Waals surface area contributed by atoms with Crippen LogP contribution in [-0.4, -0.2) is 71.5 Å². The Kier molecular flexibility index (Phi) is 8.20. The summed E-state index contributed by atoms with van der Waals surface area (Å²) in [7, 11) is 1.66. The van der Waals surface area contributed by atoms with E-state index in [1.54, 1.807) is 31.4 Å². The van der Waals surface area contributed by atoms with Crippen molar-refractivity contribution in [3.05, 3.63) is 65.7 Å². The zero-order chi connectivity index (χ0) is 28.9. The van der Waals surface area contributed by atoms with Gasteiger partial charge < -0.3 is 35.4 Å². The third-order valence-electron chi connectivity index (χ3n) is 6.92. The number of nitrogens with one attached hydrogen (secondary N) is 3. The molecule has 12 heteroatoms. The van der Waals surface area contributed by atoms with Crippen molar-refractivity contribution in [1.82, 2.24) is 19.9 Å². The number of anilines is 5. The van der Waals surface area contributed by atoms with Crippen LogP contribution in [0.5, 0.6) is 11.5 Å². The van der Waals surface area contributed by atoms with Crippen LogP contribution < -0.4 is 25.6 Å². The Balaban J connectivity index is 1.17. The molecule has 3 heterocycles. The number of methoxy groups -OCH3 is 1. The number of phenols is 1. The highest BCUT2D eigenvalue weighted by Gasteiger charge is 2.17. The maximum Gasteiger partial charge on any atom is 0.233 e. The minimum Gasteiger partial charge on any atom is -0.508 e. The Morgan fingerprint density at radius 3 is 2.45 bits per heavy atom. The molecule has 0 unspecified atom stereocenters. The molecule has 216 valence electrons. The molecule has 0 spiro atoms. The predicted molar refractivity (Wildman–Crippen MR) is 167 cm³/mol. The molecule has 0 atom stereocenters. The van der Waals surface area contributed by atoms with E-state index < -0.39 is 0 Å². The van der Waals surface area contributed by atoms with Crippen LogP contribution >= 0.6 is 11.6 Å². The molecule has 4 N–H and O–H groups in total. The molecular weight excluding hydrogens is 556 g/mol. The molecule has 42 heavy (non-hydrogen) atoms. The third-order valence-corrected chi connectivity index (χ3v) is 7.16. The topological polar surface area (TPSA) is 130 Å². The predicted octanol–water partition coefficient (Wildman–Crippen LogP) is 5.43. The summed E-state index contributed by atoms with van der Waals surface area (Å²) in [6, 6.07) is 18.4. The minimum absolute atomic E-state index is 0.192. The van der Waals surface area contributed by atoms with Crippen LogP contribution in [0.1, 0.15) is 6.42 Å². The lowest BCUT2D eigenvalue weighted by molar-refractivity contribution is 0.122. The van der Waals surface area contributed by atoms with Crippen molar-refractivity contribution >= 4 is 62.6 Å². The van der Waals surface area contributed by atoms with Gasteiger partial charge >= 0.3 is 0 Å². The highest BCUT2D eigenvalue weighted by Crippen LogP contribution is 2.34. The summed E-state index contributed by atoms with van der Waals surface area (Å²) >= 11 is 6.27. The lowest BCUT2D eigenvalue weighted by atomic mass is 10.1. The van der Waals surface area contributed by atoms with Crippen molar-refractivity contribution in [1.29, 1.82) is 0 Å². The number of halogens is 1. The average molecular weight is 587 g/mol. The second-order valence-corrected chi connectivity index (χ2v) is 10.2. The van der Waals surface area contributed by atoms with E-state index in [1.807, 2.05) is 36.4 Å². The molecule has 0 bridgehead atoms. The van der Waals surface area contributed by atoms with E-state index in [0.29, 0.717) is 62.3 Å². The van der Waals surface area contributed by atoms with Crippen molar-refractivity contribution in [3.8, 4) is 11.5 Å². The molecule has 0 radical (unpaired) electrons. The fourth-order valence-corrected chi connectivity index (χ4v) is 4.96. The smallest absolute Gasteiger partial charge is 0.233 e. The summed E-state index contributed by atoms with van der Waals surface area (Å²) in [4.78, 5) is 20.8. The van der Waals surface area contributed by atoms with E-state index in [9.17, 15) is 5.11 Å². The van der Waals surface area contributed by atoms with Crippen molar-refractivity contribution in [3.63, 3.8) is 0 Å². The molecule has 1 saturated heterocycles. The molecule has 3 aromatic carbocycles. The number of aromatic hydroxyl groups is 1. The number of ether oxygens (including phenoxy) is 2. The van der Waals surface area contributed by atoms with Gasteiger partial charge in [-0.15, -0.1) is 0 Å². The number of aromatic nitrogens is 4. The summed E-state index contributed by atoms with van der Waals surface area (Å²) in [6.07, 6.45) is 0.794. The Labute approximate surface area is 247 Å². The number of phenolic OH excluding ortho intramolecular Hbond substituents is 1. The monoisotopic (exact) mass is 586 g/mol. The largest absolute Gasteiger partial charge is 0.508 e. The second-order valence-electron chi connectivity index (χ2n) is 9.79. The third kappa shape index (κ3) is 6.32. The highest BCUT2D eigenvalue weighted by atomic mass is 35.5. The summed E-state index contributed by atoms with van der Waals surface area (Å²) in [6.45, 7) is 3.98. The quantitative estimate of drug-likeness (QED) is 0.0948. The fourth-order valence-electron chi connectivity index (χ4n) is 4.79. The molecule has 11 nitrogen and oxygen atoms in total. The summed E-state index contributed by atoms with van der Waals surface area (Å²) < 4.78 is 11.0. The molecule has 1 aliphatic heterocycles. The number of morpholine rings is 1. The zero-order valence-corrected chi connectivity index (χ0v) is 23.9. The Morgan fingerprint density at radius 2 is 1.64 bits per heavy atom. The van der Waals surface area contributed by atoms with Crippen LogP contribution in [0.4, 0.5) is 29.2 Å². The first-order valence-corrected chi connectivity index (χ1v) is 14.1. The highest BCUT2D eigenvalue weighted by molar-refractivity contribution is 6.31. The zero-order valence-electron chi connectivity index (χ0n) is 23.1. The van der Waals surface area contributed by atoms with Crippen LogP contribution in [-0.2, 0) is 4.74 Å². The van der Waals surface area contributed by atoms with E-state index in [4.69, 9.17) is 26.1 Å². The lowest BCUT2D eigenvalue weighted by Crippen LogP contribution is -2.37. The van der Waals surface area contributed by atoms with Crippen molar-refractivity contribution in [2.75, 3.05) is 67.4 Å². The molecule has 1 aliphatic rings. The molecular formula is C30H31ClN8O3. The Hall–Kier alpha value is -4.61. The maximum absolute atomic E-state index is 9.62. The van der Waals surface area contributed by atoms with E-state index in [0.717, 1.165) is 45.4 Å². The van der Waals surface area contributed by atoms with Crippen LogP contribution in [0.15, 0.2) is 60.7 Å². The van der Waals surface area contributed by atoms with Gasteiger partial charge in [0.25, 0.3) is 0 Å². The molecule has 1 fully saturated rings. The van der Waals surface area contributed by atoms with E-state index in [1.165, 1.54) is 0 Å². The second kappa shape index (κ2) is 12.5. The fraction of sp³-hybridized carbons (Fsp3) is 0.267. The van der Waals surface area contributed by atoms with Crippen LogP contribution in [0.3, 0.4) is 0 Å². The number of nitrogens with zero attached hydrogens (tertiary/aromatic N) is 5. The minimum atomic E-state index is 0.192. The summed E-state index contributed by atoms with van der Waals surface area (Å²) in [5.41, 5.74) is 3.44. The van der Waals surface area contributed by atoms with Gasteiger partial charge in [-0.05, 0) is 67.1 Å². The number of hydrogen-bond acceptors (Lipinski definition) is 11. The van der Waals surface area contributed by atoms with Gasteiger partial charge in [-0.2, -0.15) is 15.0 Å². The number of benzene rings is 3. The number of pyridine rings is 1. The standard InChI is InChI=1S/C30H31ClN8O3/c1-41-22-8-10-25-24(18-22)27(23-9-3-19(31)17-26(23)35-25)32-11-2-12-33-28-36-29(34-20-4-6-21(40)7-5-20)38-30(37-28)39-13-15-42-16-14-39/h3-10,17-18,40H,2,11-16H2,1H3,(H,32,35)(H2,33,34,36,37,38). The molecule has 0 amide bonds. The van der Waals surface area contributed by atoms with Gasteiger partial charge in [0.15, 0.2) is 0 Å². The molecule has 0 saturated carbocycles. The number of rotatable bonds is 10. The average Bonchev–Trinajstić information content (AvgIpc) is 3.01. The maximum atomic E-state index is 9.62. The van der Waals surface area contributed by atoms with E-state index >= 15 is 0 Å². The molecule has 6 rings (SSSR count). The van der Waals surface area contributed by atoms with Crippen LogP contribution in [0.25, 0.3) is 21.8 Å². The lowest BCUT2D eigenvalue weighted by Gasteiger charge is -2.27. The van der Waals surface area contributed by atoms with Gasteiger partial charge in [-0.25, -0.2) is 4.98 Å². The SMILES string of the molecule is COc1ccc2nc3cc(Cl)ccc3c(NCCCNc3nc(Nc4ccc(O)cc4)nc(N4CCOCC4)n3)c2c1. The van der Waals surface area contributed by atoms with Crippen molar-refractivity contribution in [2.45, 2.75) is 6.42 Å². The van der Waals surface area contributed by atoms with Gasteiger partial charge in [0.2, 0.25) is 17.8 Å². The van der Waals surface area contributed by atoms with Gasteiger partial charge in [-0.1, -0.05) is 11.6 Å². The van der Waals surface area contributed by atoms with Gasteiger partial charge in [-0.3, -0.25) is 0 Å². The van der Waals surface area contributed by atoms with Gasteiger partial charge in [0.05, 0.1) is 37.0 Å². The molecule has 5 aromatic rings. The van der Waals surface area contributed by atoms with Crippen LogP contribution in [0, 0.1) is 0 Å². The number of fused-ring (bicyclic) bond motifs is 2. The normalized spacial score (nSPS) is 13.3. The molecule has 0 aliphatic carbocycles. The first-order valence-electron chi connectivity index (χ1n) is 13.8. The van der Waals surface area contributed by atoms with Gasteiger partial charge in [0, 0.05) is 47.7 Å². The van der Waals surface area contributed by atoms with E-state index in [2.05, 4.69) is 35.8 Å². The summed E-state index contributed by atoms with van der Waals surface area (Å²) in [5.74, 6) is 2.44. The van der Waals surface area contributed by atoms with Crippen LogP contribution in [0.2, 0.25) is 5.02 Å². The summed E-state index contributed by atoms with van der Waals surface area (Å²) in [5, 5.41) is 22.4. The number of hydrogen-bond donors (Lipinski definition) is 4. The molecule has 2 aromatic heterocycles. The van der Waals surface area contributed by atoms with Gasteiger partial charge in [0.1, 0.15) is 11.5 Å². The van der Waals surface area contributed by atoms with Crippen molar-refractivity contribution in [2.24, 2.45) is 0 Å². The van der Waals surface area contributed by atoms with Crippen molar-refractivity contribution < 1.29 is 14.6 Å². The Morgan fingerprint density at radius 1 is 0.857 bits per heavy atom. The first kappa shape index (κ1) is 27.6. The first-order chi connectivity index (χ1) is 20.6. The van der Waals surface area contributed by atoms with E-state index in [-0.39, 0.29) is 5.75 Å².